The van der Waals surface area contributed by atoms with E-state index in [2.05, 4.69) is 46.9 Å². The highest BCUT2D eigenvalue weighted by Crippen LogP contribution is 2.38. The highest BCUT2D eigenvalue weighted by Gasteiger charge is 2.32. The van der Waals surface area contributed by atoms with Gasteiger partial charge in [0.15, 0.2) is 0 Å². The summed E-state index contributed by atoms with van der Waals surface area (Å²) in [6, 6.07) is 5.76. The van der Waals surface area contributed by atoms with E-state index >= 15 is 0 Å². The van der Waals surface area contributed by atoms with Crippen molar-refractivity contribution in [3.8, 4) is 0 Å². The second-order valence-electron chi connectivity index (χ2n) is 6.23. The van der Waals surface area contributed by atoms with E-state index in [1.165, 1.54) is 0 Å². The third kappa shape index (κ3) is 4.17. The molecule has 1 saturated heterocycles. The fourth-order valence-corrected chi connectivity index (χ4v) is 3.13. The molecule has 2 rings (SSSR count). The third-order valence-electron chi connectivity index (χ3n) is 3.60. The van der Waals surface area contributed by atoms with Crippen LogP contribution in [-0.4, -0.2) is 31.1 Å². The molecule has 1 aromatic carbocycles. The van der Waals surface area contributed by atoms with Crippen LogP contribution in [-0.2, 0) is 0 Å². The Bertz CT molecular complexity index is 442. The maximum absolute atomic E-state index is 13.8. The number of rotatable bonds is 2. The summed E-state index contributed by atoms with van der Waals surface area (Å²) in [6.07, 6.45) is 0. The molecule has 0 radical (unpaired) electrons. The topological polar surface area (TPSA) is 15.3 Å². The zero-order valence-electron chi connectivity index (χ0n) is 12.2. The van der Waals surface area contributed by atoms with Gasteiger partial charge in [-0.15, -0.1) is 12.4 Å². The number of hydrogen-bond acceptors (Lipinski definition) is 2. The van der Waals surface area contributed by atoms with Crippen LogP contribution < -0.4 is 5.32 Å². The lowest BCUT2D eigenvalue weighted by molar-refractivity contribution is 0.0860. The smallest absolute Gasteiger partial charge is 0.137 e. The predicted octanol–water partition coefficient (Wildman–Crippen LogP) is 4.00. The van der Waals surface area contributed by atoms with E-state index in [0.29, 0.717) is 4.47 Å². The van der Waals surface area contributed by atoms with Crippen molar-refractivity contribution in [3.63, 3.8) is 0 Å². The Morgan fingerprint density at radius 2 is 1.85 bits per heavy atom. The molecular weight excluding hydrogens is 343 g/mol. The first kappa shape index (κ1) is 17.9. The van der Waals surface area contributed by atoms with Gasteiger partial charge in [-0.25, -0.2) is 4.39 Å². The third-order valence-corrected chi connectivity index (χ3v) is 4.24. The molecule has 114 valence electrons. The van der Waals surface area contributed by atoms with Gasteiger partial charge in [0.25, 0.3) is 0 Å². The first-order valence-corrected chi connectivity index (χ1v) is 7.58. The quantitative estimate of drug-likeness (QED) is 0.852. The zero-order chi connectivity index (χ0) is 14.0. The van der Waals surface area contributed by atoms with Crippen LogP contribution >= 0.6 is 28.3 Å². The average Bonchev–Trinajstić information content (AvgIpc) is 2.34. The van der Waals surface area contributed by atoms with E-state index in [9.17, 15) is 4.39 Å². The molecule has 20 heavy (non-hydrogen) atoms. The van der Waals surface area contributed by atoms with E-state index in [4.69, 9.17) is 0 Å². The molecular formula is C15H23BrClFN2. The minimum atomic E-state index is -0.179. The molecule has 0 aliphatic carbocycles. The van der Waals surface area contributed by atoms with Gasteiger partial charge in [0.05, 0.1) is 4.47 Å². The lowest BCUT2D eigenvalue weighted by atomic mass is 9.81. The predicted molar refractivity (Wildman–Crippen MR) is 88.0 cm³/mol. The average molecular weight is 366 g/mol. The summed E-state index contributed by atoms with van der Waals surface area (Å²) >= 11 is 3.23. The van der Waals surface area contributed by atoms with Crippen molar-refractivity contribution in [2.45, 2.75) is 26.8 Å². The first-order chi connectivity index (χ1) is 8.89. The molecule has 0 amide bonds. The van der Waals surface area contributed by atoms with Gasteiger partial charge in [0, 0.05) is 32.2 Å². The summed E-state index contributed by atoms with van der Waals surface area (Å²) in [4.78, 5) is 2.46. The zero-order valence-corrected chi connectivity index (χ0v) is 14.7. The molecule has 1 aromatic rings. The second-order valence-corrected chi connectivity index (χ2v) is 7.08. The Morgan fingerprint density at radius 1 is 1.25 bits per heavy atom. The van der Waals surface area contributed by atoms with Crippen LogP contribution in [0.5, 0.6) is 0 Å². The van der Waals surface area contributed by atoms with Gasteiger partial charge in [-0.3, -0.25) is 4.90 Å². The Hall–Kier alpha value is -0.160. The SMILES string of the molecule is CC(C)(C)[C@H](c1ccc(Br)c(F)c1)N1CCNCC1.Cl. The number of benzene rings is 1. The molecule has 1 aliphatic heterocycles. The van der Waals surface area contributed by atoms with Crippen LogP contribution in [0.1, 0.15) is 32.4 Å². The summed E-state index contributed by atoms with van der Waals surface area (Å²) in [7, 11) is 0. The standard InChI is InChI=1S/C15H22BrFN2.ClH/c1-15(2,3)14(19-8-6-18-7-9-19)11-4-5-12(16)13(17)10-11;/h4-5,10,14,18H,6-9H2,1-3H3;1H/t14-;/m0./s1. The van der Waals surface area contributed by atoms with E-state index in [1.807, 2.05) is 12.1 Å². The summed E-state index contributed by atoms with van der Waals surface area (Å²) in [5.74, 6) is -0.179. The number of halogens is 3. The number of nitrogens with one attached hydrogen (secondary N) is 1. The maximum atomic E-state index is 13.8. The molecule has 0 bridgehead atoms. The van der Waals surface area contributed by atoms with Crippen LogP contribution in [0.15, 0.2) is 22.7 Å². The van der Waals surface area contributed by atoms with E-state index in [-0.39, 0.29) is 29.7 Å². The second kappa shape index (κ2) is 7.21. The van der Waals surface area contributed by atoms with E-state index in [1.54, 1.807) is 6.07 Å². The van der Waals surface area contributed by atoms with E-state index in [0.717, 1.165) is 31.7 Å². The molecule has 1 heterocycles. The minimum absolute atomic E-state index is 0. The minimum Gasteiger partial charge on any atom is -0.314 e. The lowest BCUT2D eigenvalue weighted by Gasteiger charge is -2.42. The van der Waals surface area contributed by atoms with Crippen LogP contribution in [0.4, 0.5) is 4.39 Å². The first-order valence-electron chi connectivity index (χ1n) is 6.79. The molecule has 0 unspecified atom stereocenters. The van der Waals surface area contributed by atoms with Gasteiger partial charge in [-0.1, -0.05) is 26.8 Å². The van der Waals surface area contributed by atoms with Crippen molar-refractivity contribution in [1.82, 2.24) is 10.2 Å². The Kier molecular flexibility index (Phi) is 6.45. The number of hydrogen-bond donors (Lipinski definition) is 1. The lowest BCUT2D eigenvalue weighted by Crippen LogP contribution is -2.48. The van der Waals surface area contributed by atoms with Crippen molar-refractivity contribution in [2.24, 2.45) is 5.41 Å². The van der Waals surface area contributed by atoms with Gasteiger partial charge in [0.1, 0.15) is 5.82 Å². The highest BCUT2D eigenvalue weighted by molar-refractivity contribution is 9.10. The molecule has 1 atom stereocenters. The van der Waals surface area contributed by atoms with Crippen molar-refractivity contribution >= 4 is 28.3 Å². The fourth-order valence-electron chi connectivity index (χ4n) is 2.88. The molecule has 0 aromatic heterocycles. The number of nitrogens with zero attached hydrogens (tertiary/aromatic N) is 1. The fraction of sp³-hybridized carbons (Fsp3) is 0.600. The molecule has 1 aliphatic rings. The van der Waals surface area contributed by atoms with Gasteiger partial charge in [-0.2, -0.15) is 0 Å². The molecule has 1 fully saturated rings. The summed E-state index contributed by atoms with van der Waals surface area (Å²) < 4.78 is 14.3. The van der Waals surface area contributed by atoms with Crippen molar-refractivity contribution in [1.29, 1.82) is 0 Å². The maximum Gasteiger partial charge on any atom is 0.137 e. The molecule has 5 heteroatoms. The summed E-state index contributed by atoms with van der Waals surface area (Å²) in [6.45, 7) is 10.7. The van der Waals surface area contributed by atoms with Crippen molar-refractivity contribution in [3.05, 3.63) is 34.1 Å². The van der Waals surface area contributed by atoms with Crippen LogP contribution in [0.25, 0.3) is 0 Å². The molecule has 2 nitrogen and oxygen atoms in total. The molecule has 0 saturated carbocycles. The molecule has 0 spiro atoms. The Balaban J connectivity index is 0.00000200. The van der Waals surface area contributed by atoms with Crippen LogP contribution in [0.3, 0.4) is 0 Å². The normalized spacial score (nSPS) is 18.4. The number of piperazine rings is 1. The van der Waals surface area contributed by atoms with E-state index < -0.39 is 0 Å². The van der Waals surface area contributed by atoms with Gasteiger partial charge < -0.3 is 5.32 Å². The van der Waals surface area contributed by atoms with Gasteiger partial charge in [0.2, 0.25) is 0 Å². The summed E-state index contributed by atoms with van der Waals surface area (Å²) in [5.41, 5.74) is 1.15. The highest BCUT2D eigenvalue weighted by atomic mass is 79.9. The summed E-state index contributed by atoms with van der Waals surface area (Å²) in [5, 5.41) is 3.37. The van der Waals surface area contributed by atoms with Crippen LogP contribution in [0.2, 0.25) is 0 Å². The Morgan fingerprint density at radius 3 is 2.35 bits per heavy atom. The largest absolute Gasteiger partial charge is 0.314 e. The van der Waals surface area contributed by atoms with Gasteiger partial charge in [-0.05, 0) is 39.0 Å². The van der Waals surface area contributed by atoms with Crippen LogP contribution in [0, 0.1) is 11.2 Å². The van der Waals surface area contributed by atoms with Gasteiger partial charge >= 0.3 is 0 Å². The monoisotopic (exact) mass is 364 g/mol. The molecule has 1 N–H and O–H groups in total. The Labute approximate surface area is 135 Å². The van der Waals surface area contributed by atoms with Crippen molar-refractivity contribution < 1.29 is 4.39 Å². The van der Waals surface area contributed by atoms with Crippen molar-refractivity contribution in [2.75, 3.05) is 26.2 Å².